The number of rotatable bonds is 4. The van der Waals surface area contributed by atoms with Crippen molar-refractivity contribution in [2.24, 2.45) is 5.84 Å². The molecule has 1 aliphatic rings. The molecule has 1 aromatic carbocycles. The summed E-state index contributed by atoms with van der Waals surface area (Å²) in [5.74, 6) is 5.78. The Morgan fingerprint density at radius 3 is 3.05 bits per heavy atom. The first-order valence-corrected chi connectivity index (χ1v) is 8.33. The van der Waals surface area contributed by atoms with Crippen LogP contribution in [0.4, 0.5) is 0 Å². The van der Waals surface area contributed by atoms with E-state index in [0.29, 0.717) is 0 Å². The smallest absolute Gasteiger partial charge is 0.0997 e. The van der Waals surface area contributed by atoms with E-state index >= 15 is 0 Å². The molecule has 0 amide bonds. The van der Waals surface area contributed by atoms with Crippen LogP contribution in [0.15, 0.2) is 40.2 Å². The lowest BCUT2D eigenvalue weighted by Gasteiger charge is -2.32. The number of ether oxygens (including phenoxy) is 1. The van der Waals surface area contributed by atoms with Crippen molar-refractivity contribution in [2.75, 3.05) is 6.61 Å². The Balaban J connectivity index is 1.83. The molecule has 3 nitrogen and oxygen atoms in total. The van der Waals surface area contributed by atoms with Crippen molar-refractivity contribution >= 4 is 27.3 Å². The van der Waals surface area contributed by atoms with Gasteiger partial charge < -0.3 is 4.74 Å². The number of hydrogen-bond donors (Lipinski definition) is 2. The molecule has 1 aromatic heterocycles. The Bertz CT molecular complexity index is 587. The van der Waals surface area contributed by atoms with Gasteiger partial charge in [0.2, 0.25) is 0 Å². The van der Waals surface area contributed by atoms with Gasteiger partial charge >= 0.3 is 0 Å². The van der Waals surface area contributed by atoms with Crippen molar-refractivity contribution < 1.29 is 4.74 Å². The van der Waals surface area contributed by atoms with Crippen LogP contribution in [0.5, 0.6) is 0 Å². The summed E-state index contributed by atoms with van der Waals surface area (Å²) in [5.41, 5.74) is 5.57. The van der Waals surface area contributed by atoms with Gasteiger partial charge in [0.15, 0.2) is 0 Å². The van der Waals surface area contributed by atoms with Crippen LogP contribution in [0.3, 0.4) is 0 Å². The van der Waals surface area contributed by atoms with E-state index in [0.717, 1.165) is 23.9 Å². The number of benzene rings is 1. The van der Waals surface area contributed by atoms with Crippen LogP contribution in [0.25, 0.3) is 0 Å². The van der Waals surface area contributed by atoms with Crippen LogP contribution in [-0.4, -0.2) is 12.6 Å². The van der Waals surface area contributed by atoms with E-state index in [1.54, 1.807) is 11.3 Å². The van der Waals surface area contributed by atoms with Gasteiger partial charge in [-0.3, -0.25) is 11.3 Å². The molecular weight excluding hydrogens is 336 g/mol. The predicted molar refractivity (Wildman–Crippen MR) is 85.7 cm³/mol. The van der Waals surface area contributed by atoms with Crippen molar-refractivity contribution in [1.82, 2.24) is 5.43 Å². The predicted octanol–water partition coefficient (Wildman–Crippen LogP) is 3.20. The molecule has 0 spiro atoms. The molecule has 0 radical (unpaired) electrons. The number of hydrazine groups is 1. The lowest BCUT2D eigenvalue weighted by atomic mass is 9.92. The van der Waals surface area contributed by atoms with Gasteiger partial charge in [0, 0.05) is 21.2 Å². The Morgan fingerprint density at radius 2 is 2.30 bits per heavy atom. The van der Waals surface area contributed by atoms with Gasteiger partial charge in [0.1, 0.15) is 0 Å². The fourth-order valence-electron chi connectivity index (χ4n) is 2.69. The first kappa shape index (κ1) is 14.2. The average Bonchev–Trinajstić information content (AvgIpc) is 2.89. The topological polar surface area (TPSA) is 47.3 Å². The SMILES string of the molecule is NNC(Cc1cc(Br)cs1)C1OCCc2ccccc21. The summed E-state index contributed by atoms with van der Waals surface area (Å²) in [6.45, 7) is 0.758. The number of hydrogen-bond acceptors (Lipinski definition) is 4. The summed E-state index contributed by atoms with van der Waals surface area (Å²) in [7, 11) is 0. The molecule has 5 heteroatoms. The highest BCUT2D eigenvalue weighted by Gasteiger charge is 2.28. The standard InChI is InChI=1S/C15H17BrN2OS/c16-11-7-12(20-9-11)8-14(18-17)15-13-4-2-1-3-10(13)5-6-19-15/h1-4,7,9,14-15,18H,5-6,8,17H2. The second-order valence-electron chi connectivity index (χ2n) is 4.95. The van der Waals surface area contributed by atoms with Gasteiger partial charge in [-0.2, -0.15) is 0 Å². The second-order valence-corrected chi connectivity index (χ2v) is 6.86. The third-order valence-electron chi connectivity index (χ3n) is 3.65. The number of halogens is 1. The molecule has 0 fully saturated rings. The zero-order valence-electron chi connectivity index (χ0n) is 11.0. The summed E-state index contributed by atoms with van der Waals surface area (Å²) >= 11 is 5.23. The summed E-state index contributed by atoms with van der Waals surface area (Å²) in [6, 6.07) is 10.7. The third-order valence-corrected chi connectivity index (χ3v) is 5.37. The molecule has 106 valence electrons. The fraction of sp³-hybridized carbons (Fsp3) is 0.333. The maximum atomic E-state index is 5.99. The molecule has 20 heavy (non-hydrogen) atoms. The summed E-state index contributed by atoms with van der Waals surface area (Å²) in [5, 5.41) is 2.10. The lowest BCUT2D eigenvalue weighted by molar-refractivity contribution is 0.0156. The van der Waals surface area contributed by atoms with E-state index in [9.17, 15) is 0 Å². The van der Waals surface area contributed by atoms with Crippen molar-refractivity contribution in [1.29, 1.82) is 0 Å². The van der Waals surface area contributed by atoms with Crippen LogP contribution >= 0.6 is 27.3 Å². The molecular formula is C15H17BrN2OS. The number of nitrogens with one attached hydrogen (secondary N) is 1. The van der Waals surface area contributed by atoms with Crippen molar-refractivity contribution in [3.63, 3.8) is 0 Å². The van der Waals surface area contributed by atoms with E-state index in [-0.39, 0.29) is 12.1 Å². The summed E-state index contributed by atoms with van der Waals surface area (Å²) in [6.07, 6.45) is 1.87. The molecule has 0 aliphatic carbocycles. The molecule has 3 rings (SSSR count). The molecule has 0 bridgehead atoms. The maximum Gasteiger partial charge on any atom is 0.0997 e. The van der Waals surface area contributed by atoms with E-state index in [1.807, 2.05) is 0 Å². The van der Waals surface area contributed by atoms with Crippen molar-refractivity contribution in [3.8, 4) is 0 Å². The Morgan fingerprint density at radius 1 is 1.45 bits per heavy atom. The Hall–Kier alpha value is -0.720. The highest BCUT2D eigenvalue weighted by atomic mass is 79.9. The van der Waals surface area contributed by atoms with Crippen LogP contribution in [-0.2, 0) is 17.6 Å². The minimum atomic E-state index is 0.0193. The van der Waals surface area contributed by atoms with Gasteiger partial charge in [0.05, 0.1) is 18.8 Å². The normalized spacial score (nSPS) is 19.6. The van der Waals surface area contributed by atoms with Crippen LogP contribution in [0.1, 0.15) is 22.1 Å². The lowest BCUT2D eigenvalue weighted by Crippen LogP contribution is -2.43. The van der Waals surface area contributed by atoms with Crippen molar-refractivity contribution in [2.45, 2.75) is 25.0 Å². The molecule has 0 saturated heterocycles. The Labute approximate surface area is 131 Å². The third kappa shape index (κ3) is 2.97. The highest BCUT2D eigenvalue weighted by Crippen LogP contribution is 2.32. The van der Waals surface area contributed by atoms with Gasteiger partial charge in [-0.05, 0) is 39.5 Å². The van der Waals surface area contributed by atoms with E-state index in [4.69, 9.17) is 10.6 Å². The van der Waals surface area contributed by atoms with Gasteiger partial charge in [0.25, 0.3) is 0 Å². The summed E-state index contributed by atoms with van der Waals surface area (Å²) < 4.78 is 7.11. The second kappa shape index (κ2) is 6.37. The van der Waals surface area contributed by atoms with Gasteiger partial charge in [-0.1, -0.05) is 24.3 Å². The van der Waals surface area contributed by atoms with E-state index in [2.05, 4.69) is 57.1 Å². The fourth-order valence-corrected chi connectivity index (χ4v) is 4.20. The minimum Gasteiger partial charge on any atom is -0.371 e. The zero-order valence-corrected chi connectivity index (χ0v) is 13.4. The Kier molecular flexibility index (Phi) is 4.53. The first-order chi connectivity index (χ1) is 9.78. The van der Waals surface area contributed by atoms with E-state index in [1.165, 1.54) is 16.0 Å². The maximum absolute atomic E-state index is 5.99. The largest absolute Gasteiger partial charge is 0.371 e. The summed E-state index contributed by atoms with van der Waals surface area (Å²) in [4.78, 5) is 1.30. The number of thiophene rings is 1. The number of nitrogens with two attached hydrogens (primary N) is 1. The molecule has 0 saturated carbocycles. The highest BCUT2D eigenvalue weighted by molar-refractivity contribution is 9.10. The average molecular weight is 353 g/mol. The molecule has 2 unspecified atom stereocenters. The number of fused-ring (bicyclic) bond motifs is 1. The molecule has 2 atom stereocenters. The molecule has 1 aliphatic heterocycles. The van der Waals surface area contributed by atoms with Crippen molar-refractivity contribution in [3.05, 3.63) is 56.2 Å². The van der Waals surface area contributed by atoms with E-state index < -0.39 is 0 Å². The quantitative estimate of drug-likeness (QED) is 0.656. The molecule has 3 N–H and O–H groups in total. The van der Waals surface area contributed by atoms with Crippen LogP contribution < -0.4 is 11.3 Å². The monoisotopic (exact) mass is 352 g/mol. The van der Waals surface area contributed by atoms with Gasteiger partial charge in [-0.15, -0.1) is 11.3 Å². The molecule has 2 aromatic rings. The minimum absolute atomic E-state index is 0.0193. The van der Waals surface area contributed by atoms with Crippen LogP contribution in [0.2, 0.25) is 0 Å². The van der Waals surface area contributed by atoms with Gasteiger partial charge in [-0.25, -0.2) is 0 Å². The van der Waals surface area contributed by atoms with Crippen LogP contribution in [0, 0.1) is 0 Å². The first-order valence-electron chi connectivity index (χ1n) is 6.66. The molecule has 2 heterocycles. The zero-order chi connectivity index (χ0) is 13.9.